The van der Waals surface area contributed by atoms with E-state index in [4.69, 9.17) is 5.73 Å². The van der Waals surface area contributed by atoms with Crippen molar-refractivity contribution in [2.45, 2.75) is 46.6 Å². The summed E-state index contributed by atoms with van der Waals surface area (Å²) < 4.78 is 1.80. The van der Waals surface area contributed by atoms with Crippen LogP contribution in [-0.4, -0.2) is 20.9 Å². The van der Waals surface area contributed by atoms with Gasteiger partial charge < -0.3 is 5.73 Å². The maximum atomic E-state index is 11.2. The molecule has 0 aromatic carbocycles. The monoisotopic (exact) mass is 224 g/mol. The molecule has 90 valence electrons. The molecule has 16 heavy (non-hydrogen) atoms. The Morgan fingerprint density at radius 1 is 1.38 bits per heavy atom. The number of nitrogens with two attached hydrogens (primary N) is 1. The second-order valence-electron chi connectivity index (χ2n) is 4.75. The summed E-state index contributed by atoms with van der Waals surface area (Å²) in [6.45, 7) is 9.11. The summed E-state index contributed by atoms with van der Waals surface area (Å²) in [6, 6.07) is 0. The van der Waals surface area contributed by atoms with Crippen molar-refractivity contribution in [3.05, 3.63) is 11.4 Å². The molecular formula is C11H20N4O. The first-order valence-electron chi connectivity index (χ1n) is 5.66. The summed E-state index contributed by atoms with van der Waals surface area (Å²) in [6.07, 6.45) is 1.02. The van der Waals surface area contributed by atoms with E-state index >= 15 is 0 Å². The Morgan fingerprint density at radius 3 is 2.44 bits per heavy atom. The van der Waals surface area contributed by atoms with Crippen molar-refractivity contribution in [1.82, 2.24) is 15.0 Å². The van der Waals surface area contributed by atoms with Gasteiger partial charge in [-0.25, -0.2) is 4.68 Å². The molecule has 1 aromatic heterocycles. The van der Waals surface area contributed by atoms with Gasteiger partial charge >= 0.3 is 0 Å². The molecule has 0 aliphatic heterocycles. The zero-order valence-corrected chi connectivity index (χ0v) is 10.4. The predicted molar refractivity (Wildman–Crippen MR) is 62.1 cm³/mol. The molecule has 0 aliphatic rings. The number of hydrogen-bond donors (Lipinski definition) is 1. The van der Waals surface area contributed by atoms with Crippen molar-refractivity contribution >= 4 is 5.91 Å². The zero-order chi connectivity index (χ0) is 12.3. The number of carbonyl (C=O) groups excluding carboxylic acids is 1. The van der Waals surface area contributed by atoms with E-state index in [-0.39, 0.29) is 5.92 Å². The van der Waals surface area contributed by atoms with Crippen LogP contribution in [0, 0.1) is 5.92 Å². The Morgan fingerprint density at radius 2 is 2.00 bits per heavy atom. The molecule has 1 heterocycles. The standard InChI is InChI=1S/C11H20N4O/c1-7(2)5-6-15-10(8(3)4)9(11(12)16)13-14-15/h7-8H,5-6H2,1-4H3,(H2,12,16). The molecule has 0 aliphatic carbocycles. The van der Waals surface area contributed by atoms with Crippen LogP contribution >= 0.6 is 0 Å². The Balaban J connectivity index is 2.96. The van der Waals surface area contributed by atoms with Crippen LogP contribution in [0.25, 0.3) is 0 Å². The normalized spacial score (nSPS) is 11.4. The summed E-state index contributed by atoms with van der Waals surface area (Å²) in [7, 11) is 0. The second kappa shape index (κ2) is 5.09. The summed E-state index contributed by atoms with van der Waals surface area (Å²) in [4.78, 5) is 11.2. The van der Waals surface area contributed by atoms with Crippen molar-refractivity contribution in [3.63, 3.8) is 0 Å². The van der Waals surface area contributed by atoms with Crippen LogP contribution in [0.15, 0.2) is 0 Å². The fraction of sp³-hybridized carbons (Fsp3) is 0.727. The first kappa shape index (κ1) is 12.7. The third-order valence-corrected chi connectivity index (χ3v) is 2.47. The van der Waals surface area contributed by atoms with Crippen LogP contribution < -0.4 is 5.73 Å². The molecule has 0 saturated heterocycles. The first-order valence-corrected chi connectivity index (χ1v) is 5.66. The lowest BCUT2D eigenvalue weighted by Gasteiger charge is -2.11. The minimum Gasteiger partial charge on any atom is -0.364 e. The van der Waals surface area contributed by atoms with Crippen LogP contribution in [-0.2, 0) is 6.54 Å². The van der Waals surface area contributed by atoms with Crippen molar-refractivity contribution in [2.24, 2.45) is 11.7 Å². The summed E-state index contributed by atoms with van der Waals surface area (Å²) >= 11 is 0. The molecule has 0 atom stereocenters. The van der Waals surface area contributed by atoms with E-state index in [1.165, 1.54) is 0 Å². The molecule has 1 aromatic rings. The summed E-state index contributed by atoms with van der Waals surface area (Å²) in [5, 5.41) is 7.85. The third kappa shape index (κ3) is 2.81. The molecule has 5 nitrogen and oxygen atoms in total. The van der Waals surface area contributed by atoms with E-state index in [2.05, 4.69) is 24.2 Å². The van der Waals surface area contributed by atoms with Crippen LogP contribution in [0.5, 0.6) is 0 Å². The largest absolute Gasteiger partial charge is 0.364 e. The van der Waals surface area contributed by atoms with Gasteiger partial charge in [-0.3, -0.25) is 4.79 Å². The molecule has 1 amide bonds. The van der Waals surface area contributed by atoms with Crippen LogP contribution in [0.1, 0.15) is 56.2 Å². The number of aryl methyl sites for hydroxylation is 1. The van der Waals surface area contributed by atoms with Crippen LogP contribution in [0.3, 0.4) is 0 Å². The highest BCUT2D eigenvalue weighted by Gasteiger charge is 2.19. The molecule has 0 spiro atoms. The van der Waals surface area contributed by atoms with Gasteiger partial charge in [0.1, 0.15) is 0 Å². The lowest BCUT2D eigenvalue weighted by Crippen LogP contribution is -2.16. The number of nitrogens with zero attached hydrogens (tertiary/aromatic N) is 3. The molecule has 2 N–H and O–H groups in total. The molecule has 0 bridgehead atoms. The van der Waals surface area contributed by atoms with Gasteiger partial charge in [-0.05, 0) is 18.3 Å². The van der Waals surface area contributed by atoms with Gasteiger partial charge in [-0.15, -0.1) is 5.10 Å². The fourth-order valence-electron chi connectivity index (χ4n) is 1.61. The number of carbonyl (C=O) groups is 1. The smallest absolute Gasteiger partial charge is 0.271 e. The fourth-order valence-corrected chi connectivity index (χ4v) is 1.61. The lowest BCUT2D eigenvalue weighted by molar-refractivity contribution is 0.0994. The average Bonchev–Trinajstić information content (AvgIpc) is 2.57. The Kier molecular flexibility index (Phi) is 4.04. The van der Waals surface area contributed by atoms with Crippen LogP contribution in [0.2, 0.25) is 0 Å². The van der Waals surface area contributed by atoms with Crippen LogP contribution in [0.4, 0.5) is 0 Å². The average molecular weight is 224 g/mol. The van der Waals surface area contributed by atoms with Crippen molar-refractivity contribution in [2.75, 3.05) is 0 Å². The number of aromatic nitrogens is 3. The topological polar surface area (TPSA) is 73.8 Å². The van der Waals surface area contributed by atoms with E-state index < -0.39 is 5.91 Å². The minimum absolute atomic E-state index is 0.199. The van der Waals surface area contributed by atoms with Gasteiger partial charge in [-0.1, -0.05) is 32.9 Å². The molecule has 1 rings (SSSR count). The minimum atomic E-state index is -0.500. The zero-order valence-electron chi connectivity index (χ0n) is 10.4. The van der Waals surface area contributed by atoms with E-state index in [0.717, 1.165) is 18.7 Å². The Hall–Kier alpha value is -1.39. The summed E-state index contributed by atoms with van der Waals surface area (Å²) in [5.41, 5.74) is 6.41. The Bertz CT molecular complexity index is 368. The third-order valence-electron chi connectivity index (χ3n) is 2.47. The molecule has 0 unspecified atom stereocenters. The predicted octanol–water partition coefficient (Wildman–Crippen LogP) is 1.55. The maximum absolute atomic E-state index is 11.2. The van der Waals surface area contributed by atoms with Gasteiger partial charge in [0.25, 0.3) is 5.91 Å². The van der Waals surface area contributed by atoms with E-state index in [1.54, 1.807) is 4.68 Å². The molecule has 0 radical (unpaired) electrons. The van der Waals surface area contributed by atoms with Gasteiger partial charge in [0.2, 0.25) is 0 Å². The van der Waals surface area contributed by atoms with E-state index in [9.17, 15) is 4.79 Å². The SMILES string of the molecule is CC(C)CCn1nnc(C(N)=O)c1C(C)C. The van der Waals surface area contributed by atoms with Gasteiger partial charge in [0.05, 0.1) is 5.69 Å². The molecular weight excluding hydrogens is 204 g/mol. The number of amides is 1. The second-order valence-corrected chi connectivity index (χ2v) is 4.75. The van der Waals surface area contributed by atoms with Gasteiger partial charge in [0.15, 0.2) is 5.69 Å². The molecule has 0 fully saturated rings. The molecule has 0 saturated carbocycles. The highest BCUT2D eigenvalue weighted by atomic mass is 16.1. The number of primary amides is 1. The summed E-state index contributed by atoms with van der Waals surface area (Å²) in [5.74, 6) is 0.297. The molecule has 5 heteroatoms. The van der Waals surface area contributed by atoms with Crippen molar-refractivity contribution in [3.8, 4) is 0 Å². The number of rotatable bonds is 5. The number of hydrogen-bond acceptors (Lipinski definition) is 3. The highest BCUT2D eigenvalue weighted by molar-refractivity contribution is 5.91. The van der Waals surface area contributed by atoms with E-state index in [0.29, 0.717) is 11.6 Å². The van der Waals surface area contributed by atoms with Gasteiger partial charge in [-0.2, -0.15) is 0 Å². The van der Waals surface area contributed by atoms with Gasteiger partial charge in [0, 0.05) is 6.54 Å². The van der Waals surface area contributed by atoms with Crippen molar-refractivity contribution in [1.29, 1.82) is 0 Å². The quantitative estimate of drug-likeness (QED) is 0.824. The lowest BCUT2D eigenvalue weighted by atomic mass is 10.1. The van der Waals surface area contributed by atoms with Crippen molar-refractivity contribution < 1.29 is 4.79 Å². The van der Waals surface area contributed by atoms with E-state index in [1.807, 2.05) is 13.8 Å². The first-order chi connectivity index (χ1) is 7.43. The maximum Gasteiger partial charge on any atom is 0.271 e. The highest BCUT2D eigenvalue weighted by Crippen LogP contribution is 2.18. The Labute approximate surface area is 96.0 Å².